The molecular formula is C21H20BrN3O3. The molecule has 0 aliphatic carbocycles. The molecule has 2 aromatic carbocycles. The summed E-state index contributed by atoms with van der Waals surface area (Å²) in [4.78, 5) is 12.5. The summed E-state index contributed by atoms with van der Waals surface area (Å²) in [7, 11) is 3.16. The van der Waals surface area contributed by atoms with Crippen molar-refractivity contribution in [3.63, 3.8) is 0 Å². The highest BCUT2D eigenvalue weighted by Gasteiger charge is 2.12. The van der Waals surface area contributed by atoms with E-state index in [0.29, 0.717) is 11.3 Å². The summed E-state index contributed by atoms with van der Waals surface area (Å²) in [6, 6.07) is 16.9. The number of nitrogens with zero attached hydrogens (tertiary/aromatic N) is 2. The normalized spacial score (nSPS) is 10.9. The van der Waals surface area contributed by atoms with Crippen molar-refractivity contribution in [2.75, 3.05) is 14.2 Å². The molecule has 3 aromatic rings. The van der Waals surface area contributed by atoms with Crippen molar-refractivity contribution in [2.45, 2.75) is 6.92 Å². The largest absolute Gasteiger partial charge is 0.497 e. The molecular weight excluding hydrogens is 422 g/mol. The van der Waals surface area contributed by atoms with Gasteiger partial charge in [-0.1, -0.05) is 15.9 Å². The van der Waals surface area contributed by atoms with Gasteiger partial charge in [0.25, 0.3) is 5.91 Å². The van der Waals surface area contributed by atoms with Crippen LogP contribution >= 0.6 is 15.9 Å². The van der Waals surface area contributed by atoms with Crippen LogP contribution in [0.1, 0.15) is 21.7 Å². The van der Waals surface area contributed by atoms with Crippen LogP contribution in [-0.2, 0) is 0 Å². The molecule has 0 unspecified atom stereocenters. The molecule has 3 rings (SSSR count). The quantitative estimate of drug-likeness (QED) is 0.457. The molecule has 1 N–H and O–H groups in total. The number of methoxy groups -OCH3 is 2. The van der Waals surface area contributed by atoms with Crippen LogP contribution in [0.3, 0.4) is 0 Å². The molecule has 0 atom stereocenters. The summed E-state index contributed by atoms with van der Waals surface area (Å²) in [5, 5.41) is 4.12. The van der Waals surface area contributed by atoms with E-state index < -0.39 is 0 Å². The summed E-state index contributed by atoms with van der Waals surface area (Å²) in [6.45, 7) is 2.01. The second-order valence-corrected chi connectivity index (χ2v) is 6.89. The maximum Gasteiger partial charge on any atom is 0.275 e. The minimum atomic E-state index is -0.353. The Morgan fingerprint density at radius 1 is 1.07 bits per heavy atom. The number of hydrogen-bond acceptors (Lipinski definition) is 4. The standard InChI is InChI=1S/C21H20BrN3O3/c1-14-4-6-17(25(14)16-7-9-18(27-2)10-8-16)13-23-24-21(26)19-12-15(22)5-11-20(19)28-3/h4-13H,1-3H3,(H,24,26)/b23-13+. The lowest BCUT2D eigenvalue weighted by molar-refractivity contribution is 0.0952. The molecule has 7 heteroatoms. The molecule has 28 heavy (non-hydrogen) atoms. The van der Waals surface area contributed by atoms with Crippen molar-refractivity contribution in [2.24, 2.45) is 5.10 Å². The molecule has 0 fully saturated rings. The van der Waals surface area contributed by atoms with Gasteiger partial charge in [-0.25, -0.2) is 5.43 Å². The van der Waals surface area contributed by atoms with Gasteiger partial charge in [0.2, 0.25) is 0 Å². The molecule has 0 saturated carbocycles. The van der Waals surface area contributed by atoms with Gasteiger partial charge >= 0.3 is 0 Å². The van der Waals surface area contributed by atoms with E-state index in [1.165, 1.54) is 7.11 Å². The first-order valence-corrected chi connectivity index (χ1v) is 9.32. The third kappa shape index (κ3) is 4.26. The third-order valence-corrected chi connectivity index (χ3v) is 4.70. The minimum absolute atomic E-state index is 0.353. The molecule has 0 spiro atoms. The lowest BCUT2D eigenvalue weighted by Gasteiger charge is -2.10. The van der Waals surface area contributed by atoms with Crippen molar-refractivity contribution in [1.29, 1.82) is 0 Å². The predicted molar refractivity (Wildman–Crippen MR) is 113 cm³/mol. The molecule has 1 heterocycles. The number of carbonyl (C=O) groups is 1. The zero-order valence-electron chi connectivity index (χ0n) is 15.8. The van der Waals surface area contributed by atoms with Crippen molar-refractivity contribution < 1.29 is 14.3 Å². The van der Waals surface area contributed by atoms with E-state index in [-0.39, 0.29) is 5.91 Å². The highest BCUT2D eigenvalue weighted by Crippen LogP contribution is 2.23. The van der Waals surface area contributed by atoms with Gasteiger partial charge in [0.1, 0.15) is 11.5 Å². The Balaban J connectivity index is 1.80. The number of ether oxygens (including phenoxy) is 2. The number of aromatic nitrogens is 1. The maximum absolute atomic E-state index is 12.5. The third-order valence-electron chi connectivity index (χ3n) is 4.21. The number of amides is 1. The second kappa shape index (κ2) is 8.75. The Kier molecular flexibility index (Phi) is 6.16. The smallest absolute Gasteiger partial charge is 0.275 e. The van der Waals surface area contributed by atoms with Crippen LogP contribution < -0.4 is 14.9 Å². The monoisotopic (exact) mass is 441 g/mol. The Hall–Kier alpha value is -3.06. The topological polar surface area (TPSA) is 64.8 Å². The van der Waals surface area contributed by atoms with Gasteiger partial charge in [0.05, 0.1) is 31.7 Å². The van der Waals surface area contributed by atoms with Gasteiger partial charge in [-0.3, -0.25) is 4.79 Å². The zero-order valence-corrected chi connectivity index (χ0v) is 17.4. The first kappa shape index (κ1) is 19.7. The number of nitrogens with one attached hydrogen (secondary N) is 1. The molecule has 1 aromatic heterocycles. The second-order valence-electron chi connectivity index (χ2n) is 5.98. The van der Waals surface area contributed by atoms with Gasteiger partial charge in [-0.15, -0.1) is 0 Å². The number of hydrazone groups is 1. The zero-order chi connectivity index (χ0) is 20.1. The van der Waals surface area contributed by atoms with Crippen molar-refractivity contribution in [3.8, 4) is 17.2 Å². The number of rotatable bonds is 6. The molecule has 1 amide bonds. The van der Waals surface area contributed by atoms with Crippen LogP contribution in [0.25, 0.3) is 5.69 Å². The SMILES string of the molecule is COc1ccc(-n2c(C)ccc2/C=N/NC(=O)c2cc(Br)ccc2OC)cc1. The van der Waals surface area contributed by atoms with Gasteiger partial charge < -0.3 is 14.0 Å². The highest BCUT2D eigenvalue weighted by atomic mass is 79.9. The Morgan fingerprint density at radius 3 is 2.50 bits per heavy atom. The van der Waals surface area contributed by atoms with E-state index in [1.807, 2.05) is 54.0 Å². The van der Waals surface area contributed by atoms with Gasteiger partial charge in [-0.05, 0) is 61.5 Å². The molecule has 0 aliphatic heterocycles. The number of aryl methyl sites for hydroxylation is 1. The maximum atomic E-state index is 12.5. The van der Waals surface area contributed by atoms with E-state index >= 15 is 0 Å². The number of hydrogen-bond donors (Lipinski definition) is 1. The number of halogens is 1. The molecule has 144 valence electrons. The molecule has 6 nitrogen and oxygen atoms in total. The van der Waals surface area contributed by atoms with Gasteiger partial charge in [-0.2, -0.15) is 5.10 Å². The minimum Gasteiger partial charge on any atom is -0.497 e. The van der Waals surface area contributed by atoms with Crippen LogP contribution in [0.15, 0.2) is 64.2 Å². The summed E-state index contributed by atoms with van der Waals surface area (Å²) >= 11 is 3.36. The first-order valence-electron chi connectivity index (χ1n) is 8.53. The Bertz CT molecular complexity index is 1010. The predicted octanol–water partition coefficient (Wildman–Crippen LogP) is 4.33. The van der Waals surface area contributed by atoms with Gasteiger partial charge in [0, 0.05) is 15.9 Å². The average molecular weight is 442 g/mol. The molecule has 0 bridgehead atoms. The summed E-state index contributed by atoms with van der Waals surface area (Å²) in [6.07, 6.45) is 1.61. The number of carbonyl (C=O) groups excluding carboxylic acids is 1. The first-order chi connectivity index (χ1) is 13.5. The summed E-state index contributed by atoms with van der Waals surface area (Å²) in [5.74, 6) is 0.918. The van der Waals surface area contributed by atoms with E-state index in [0.717, 1.165) is 27.3 Å². The van der Waals surface area contributed by atoms with Crippen LogP contribution in [0.2, 0.25) is 0 Å². The Morgan fingerprint density at radius 2 is 1.82 bits per heavy atom. The fourth-order valence-corrected chi connectivity index (χ4v) is 3.18. The van der Waals surface area contributed by atoms with Crippen LogP contribution in [0, 0.1) is 6.92 Å². The fourth-order valence-electron chi connectivity index (χ4n) is 2.82. The average Bonchev–Trinajstić information content (AvgIpc) is 3.08. The Labute approximate surface area is 171 Å². The van der Waals surface area contributed by atoms with Crippen LogP contribution in [0.4, 0.5) is 0 Å². The van der Waals surface area contributed by atoms with Crippen molar-refractivity contribution in [1.82, 2.24) is 9.99 Å². The van der Waals surface area contributed by atoms with Crippen LogP contribution in [0.5, 0.6) is 11.5 Å². The van der Waals surface area contributed by atoms with E-state index in [1.54, 1.807) is 25.5 Å². The highest BCUT2D eigenvalue weighted by molar-refractivity contribution is 9.10. The summed E-state index contributed by atoms with van der Waals surface area (Å²) in [5.41, 5.74) is 5.81. The van der Waals surface area contributed by atoms with Crippen molar-refractivity contribution >= 4 is 28.1 Å². The van der Waals surface area contributed by atoms with E-state index in [9.17, 15) is 4.79 Å². The molecule has 0 radical (unpaired) electrons. The van der Waals surface area contributed by atoms with Crippen LogP contribution in [-0.4, -0.2) is 30.9 Å². The fraction of sp³-hybridized carbons (Fsp3) is 0.143. The number of benzene rings is 2. The molecule has 0 saturated heterocycles. The lowest BCUT2D eigenvalue weighted by Crippen LogP contribution is -2.18. The van der Waals surface area contributed by atoms with Gasteiger partial charge in [0.15, 0.2) is 0 Å². The summed E-state index contributed by atoms with van der Waals surface area (Å²) < 4.78 is 13.3. The molecule has 0 aliphatic rings. The van der Waals surface area contributed by atoms with E-state index in [2.05, 4.69) is 26.5 Å². The lowest BCUT2D eigenvalue weighted by atomic mass is 10.2. The van der Waals surface area contributed by atoms with Crippen molar-refractivity contribution in [3.05, 3.63) is 76.0 Å². The van der Waals surface area contributed by atoms with E-state index in [4.69, 9.17) is 9.47 Å².